The molecule has 0 unspecified atom stereocenters. The van der Waals surface area contributed by atoms with Crippen molar-refractivity contribution in [3.63, 3.8) is 0 Å². The molecule has 25 heavy (non-hydrogen) atoms. The molecule has 2 aromatic rings. The van der Waals surface area contributed by atoms with Crippen molar-refractivity contribution in [2.75, 3.05) is 0 Å². The third-order valence-electron chi connectivity index (χ3n) is 3.79. The molecule has 0 N–H and O–H groups in total. The van der Waals surface area contributed by atoms with Gasteiger partial charge >= 0.3 is 0 Å². The van der Waals surface area contributed by atoms with Gasteiger partial charge in [0.25, 0.3) is 5.90 Å². The summed E-state index contributed by atoms with van der Waals surface area (Å²) in [4.78, 5) is 4.63. The molecule has 128 valence electrons. The topological polar surface area (TPSA) is 21.6 Å². The van der Waals surface area contributed by atoms with E-state index in [4.69, 9.17) is 4.74 Å². The Morgan fingerprint density at radius 3 is 2.20 bits per heavy atom. The van der Waals surface area contributed by atoms with Gasteiger partial charge in [0.2, 0.25) is 0 Å². The van der Waals surface area contributed by atoms with Crippen LogP contribution in [0.2, 0.25) is 19.6 Å². The van der Waals surface area contributed by atoms with E-state index in [0.29, 0.717) is 5.90 Å². The van der Waals surface area contributed by atoms with Gasteiger partial charge in [0.15, 0.2) is 0 Å². The van der Waals surface area contributed by atoms with Crippen LogP contribution in [0, 0.1) is 11.2 Å². The van der Waals surface area contributed by atoms with Gasteiger partial charge in [-0.25, -0.2) is 4.99 Å². The van der Waals surface area contributed by atoms with Crippen LogP contribution in [0.25, 0.3) is 0 Å². The van der Waals surface area contributed by atoms with Gasteiger partial charge in [0, 0.05) is 18.8 Å². The summed E-state index contributed by atoms with van der Waals surface area (Å²) in [5.74, 6) is 3.68. The average Bonchev–Trinajstić information content (AvgIpc) is 2.96. The molecule has 3 rings (SSSR count). The maximum atomic E-state index is 6.19. The Hall–Kier alpha value is -1.96. The highest BCUT2D eigenvalue weighted by Crippen LogP contribution is 2.24. The van der Waals surface area contributed by atoms with Crippen LogP contribution >= 0.6 is 11.2 Å². The van der Waals surface area contributed by atoms with Crippen LogP contribution in [0.1, 0.15) is 11.1 Å². The molecule has 0 aliphatic heterocycles. The summed E-state index contributed by atoms with van der Waals surface area (Å²) < 4.78 is 6.19. The maximum Gasteiger partial charge on any atom is 0.269 e. The van der Waals surface area contributed by atoms with Crippen LogP contribution in [0.3, 0.4) is 0 Å². The predicted molar refractivity (Wildman–Crippen MR) is 111 cm³/mol. The molecule has 0 amide bonds. The molecule has 2 aromatic carbocycles. The summed E-state index contributed by atoms with van der Waals surface area (Å²) in [6, 6.07) is 18.4. The van der Waals surface area contributed by atoms with Gasteiger partial charge in [0.05, 0.1) is 5.69 Å². The van der Waals surface area contributed by atoms with E-state index in [1.54, 1.807) is 11.2 Å². The van der Waals surface area contributed by atoms with Crippen molar-refractivity contribution in [1.82, 2.24) is 0 Å². The normalized spacial score (nSPS) is 14.6. The van der Waals surface area contributed by atoms with Crippen LogP contribution in [0.15, 0.2) is 59.6 Å². The summed E-state index contributed by atoms with van der Waals surface area (Å²) in [6.07, 6.45) is 1.96. The minimum atomic E-state index is -1.28. The predicted octanol–water partition coefficient (Wildman–Crippen LogP) is 5.43. The third-order valence-corrected chi connectivity index (χ3v) is 6.75. The van der Waals surface area contributed by atoms with Gasteiger partial charge in [-0.05, 0) is 28.5 Å². The zero-order valence-corrected chi connectivity index (χ0v) is 16.8. The van der Waals surface area contributed by atoms with Gasteiger partial charge in [-0.2, -0.15) is 0 Å². The smallest absolute Gasteiger partial charge is 0.269 e. The minimum Gasteiger partial charge on any atom is -0.467 e. The minimum absolute atomic E-state index is 0.117. The molecular formula is C21H23NOSSi. The van der Waals surface area contributed by atoms with E-state index in [1.165, 1.54) is 11.1 Å². The third kappa shape index (κ3) is 5.52. The SMILES string of the molecule is C[Si](C)(C)SC#CC(=Nc1ccccc1)OC1Cc2ccccc2C1. The fourth-order valence-electron chi connectivity index (χ4n) is 2.69. The molecule has 0 saturated carbocycles. The first kappa shape index (κ1) is 17.8. The number of rotatable bonds is 3. The summed E-state index contributed by atoms with van der Waals surface area (Å²) in [5, 5.41) is 3.21. The monoisotopic (exact) mass is 365 g/mol. The van der Waals surface area contributed by atoms with E-state index in [1.807, 2.05) is 30.3 Å². The fourth-order valence-corrected chi connectivity index (χ4v) is 4.20. The summed E-state index contributed by atoms with van der Waals surface area (Å²) in [6.45, 7) is 6.86. The second-order valence-corrected chi connectivity index (χ2v) is 16.0. The highest BCUT2D eigenvalue weighted by Gasteiger charge is 2.23. The quantitative estimate of drug-likeness (QED) is 0.313. The molecule has 2 nitrogen and oxygen atoms in total. The Kier molecular flexibility index (Phi) is 5.67. The summed E-state index contributed by atoms with van der Waals surface area (Å²) >= 11 is 1.73. The number of hydrogen-bond acceptors (Lipinski definition) is 3. The highest BCUT2D eigenvalue weighted by atomic mass is 32.4. The first-order valence-corrected chi connectivity index (χ1v) is 13.6. The molecule has 4 heteroatoms. The lowest BCUT2D eigenvalue weighted by atomic mass is 10.1. The Morgan fingerprint density at radius 2 is 1.60 bits per heavy atom. The first-order valence-electron chi connectivity index (χ1n) is 8.56. The van der Waals surface area contributed by atoms with Crippen LogP contribution in [-0.4, -0.2) is 19.2 Å². The molecule has 0 radical (unpaired) electrons. The molecule has 0 bridgehead atoms. The molecule has 0 saturated heterocycles. The second-order valence-electron chi connectivity index (χ2n) is 7.11. The van der Waals surface area contributed by atoms with Crippen LogP contribution < -0.4 is 0 Å². The van der Waals surface area contributed by atoms with E-state index in [2.05, 4.69) is 60.1 Å². The van der Waals surface area contributed by atoms with Crippen LogP contribution in [-0.2, 0) is 17.6 Å². The molecular weight excluding hydrogens is 342 g/mol. The van der Waals surface area contributed by atoms with E-state index >= 15 is 0 Å². The number of nitrogens with zero attached hydrogens (tertiary/aromatic N) is 1. The first-order chi connectivity index (χ1) is 12.0. The maximum absolute atomic E-state index is 6.19. The fraction of sp³-hybridized carbons (Fsp3) is 0.286. The van der Waals surface area contributed by atoms with Crippen molar-refractivity contribution >= 4 is 30.0 Å². The Morgan fingerprint density at radius 1 is 1.00 bits per heavy atom. The van der Waals surface area contributed by atoms with Gasteiger partial charge in [0.1, 0.15) is 13.3 Å². The number of hydrogen-bond donors (Lipinski definition) is 0. The van der Waals surface area contributed by atoms with Crippen molar-refractivity contribution in [2.45, 2.75) is 38.6 Å². The molecule has 0 spiro atoms. The molecule has 1 aliphatic rings. The van der Waals surface area contributed by atoms with Gasteiger partial charge < -0.3 is 4.74 Å². The molecule has 1 aliphatic carbocycles. The lowest BCUT2D eigenvalue weighted by Crippen LogP contribution is -2.17. The zero-order chi connectivity index (χ0) is 17.7. The van der Waals surface area contributed by atoms with E-state index < -0.39 is 7.22 Å². The Labute approximate surface area is 155 Å². The van der Waals surface area contributed by atoms with Crippen LogP contribution in [0.4, 0.5) is 5.69 Å². The van der Waals surface area contributed by atoms with E-state index in [-0.39, 0.29) is 6.10 Å². The number of benzene rings is 2. The molecule has 0 aromatic heterocycles. The Balaban J connectivity index is 1.76. The summed E-state index contributed by atoms with van der Waals surface area (Å²) in [5.41, 5.74) is 3.62. The average molecular weight is 366 g/mol. The molecule has 0 fully saturated rings. The standard InChI is InChI=1S/C21H23NOSSi/c1-25(2,3)24-14-13-21(22-19-11-5-4-6-12-19)23-20-15-17-9-7-8-10-18(17)16-20/h4-12,20H,15-16H2,1-3H3. The van der Waals surface area contributed by atoms with E-state index in [9.17, 15) is 0 Å². The lowest BCUT2D eigenvalue weighted by molar-refractivity contribution is 0.203. The Bertz CT molecular complexity index is 790. The lowest BCUT2D eigenvalue weighted by Gasteiger charge is -2.12. The molecule has 0 atom stereocenters. The summed E-state index contributed by atoms with van der Waals surface area (Å²) in [7, 11) is -1.28. The van der Waals surface area contributed by atoms with E-state index in [0.717, 1.165) is 18.5 Å². The molecule has 0 heterocycles. The van der Waals surface area contributed by atoms with Gasteiger partial charge in [-0.1, -0.05) is 62.1 Å². The van der Waals surface area contributed by atoms with Gasteiger partial charge in [-0.3, -0.25) is 0 Å². The number of aliphatic imine (C=N–C) groups is 1. The second kappa shape index (κ2) is 7.94. The van der Waals surface area contributed by atoms with Gasteiger partial charge in [-0.15, -0.1) is 11.2 Å². The van der Waals surface area contributed by atoms with Crippen molar-refractivity contribution in [3.8, 4) is 11.2 Å². The van der Waals surface area contributed by atoms with Crippen molar-refractivity contribution in [2.24, 2.45) is 4.99 Å². The largest absolute Gasteiger partial charge is 0.467 e. The highest BCUT2D eigenvalue weighted by molar-refractivity contribution is 8.32. The van der Waals surface area contributed by atoms with Crippen LogP contribution in [0.5, 0.6) is 0 Å². The van der Waals surface area contributed by atoms with Crippen molar-refractivity contribution < 1.29 is 4.74 Å². The number of fused-ring (bicyclic) bond motifs is 1. The van der Waals surface area contributed by atoms with Crippen molar-refractivity contribution in [3.05, 3.63) is 65.7 Å². The zero-order valence-electron chi connectivity index (χ0n) is 15.0. The number of ether oxygens (including phenoxy) is 1. The van der Waals surface area contributed by atoms with Crippen molar-refractivity contribution in [1.29, 1.82) is 0 Å². The number of para-hydroxylation sites is 1.